The van der Waals surface area contributed by atoms with Crippen LogP contribution in [0.4, 0.5) is 5.13 Å². The van der Waals surface area contributed by atoms with E-state index in [4.69, 9.17) is 0 Å². The Bertz CT molecular complexity index is 841. The molecule has 2 aliphatic rings. The molecule has 1 aromatic carbocycles. The molecule has 1 aromatic heterocycles. The van der Waals surface area contributed by atoms with Gasteiger partial charge in [0.2, 0.25) is 11.8 Å². The molecule has 1 aliphatic carbocycles. The molecule has 1 aliphatic heterocycles. The molecule has 2 amide bonds. The van der Waals surface area contributed by atoms with Crippen LogP contribution in [0.2, 0.25) is 0 Å². The number of thiazole rings is 1. The van der Waals surface area contributed by atoms with Gasteiger partial charge in [-0.1, -0.05) is 17.7 Å². The number of rotatable bonds is 4. The van der Waals surface area contributed by atoms with Crippen molar-refractivity contribution >= 4 is 28.3 Å². The normalized spacial score (nSPS) is 20.2. The van der Waals surface area contributed by atoms with Gasteiger partial charge >= 0.3 is 0 Å². The minimum Gasteiger partial charge on any atom is -0.339 e. The summed E-state index contributed by atoms with van der Waals surface area (Å²) in [5.41, 5.74) is 4.32. The van der Waals surface area contributed by atoms with E-state index in [0.29, 0.717) is 24.1 Å². The van der Waals surface area contributed by atoms with Crippen LogP contribution in [0.15, 0.2) is 23.6 Å². The van der Waals surface area contributed by atoms with Gasteiger partial charge in [0, 0.05) is 30.0 Å². The molecule has 2 fully saturated rings. The van der Waals surface area contributed by atoms with Crippen LogP contribution in [0.3, 0.4) is 0 Å². The van der Waals surface area contributed by atoms with E-state index in [1.165, 1.54) is 16.9 Å². The molecule has 0 radical (unpaired) electrons. The van der Waals surface area contributed by atoms with Crippen molar-refractivity contribution in [2.75, 3.05) is 11.9 Å². The van der Waals surface area contributed by atoms with Crippen molar-refractivity contribution in [3.63, 3.8) is 0 Å². The number of nitrogens with one attached hydrogen (secondary N) is 1. The van der Waals surface area contributed by atoms with E-state index in [2.05, 4.69) is 42.3 Å². The number of carbonyl (C=O) groups is 2. The van der Waals surface area contributed by atoms with Gasteiger partial charge in [-0.15, -0.1) is 11.3 Å². The number of hydrogen-bond donors (Lipinski definition) is 1. The first-order valence-electron chi connectivity index (χ1n) is 8.65. The van der Waals surface area contributed by atoms with Crippen molar-refractivity contribution in [3.05, 3.63) is 34.7 Å². The number of amides is 2. The predicted octanol–water partition coefficient (Wildman–Crippen LogP) is 3.38. The summed E-state index contributed by atoms with van der Waals surface area (Å²) in [6.45, 7) is 4.66. The van der Waals surface area contributed by atoms with Crippen molar-refractivity contribution in [1.82, 2.24) is 9.88 Å². The van der Waals surface area contributed by atoms with Gasteiger partial charge in [-0.05, 0) is 38.3 Å². The van der Waals surface area contributed by atoms with Crippen molar-refractivity contribution in [1.29, 1.82) is 0 Å². The lowest BCUT2D eigenvalue weighted by Gasteiger charge is -2.14. The van der Waals surface area contributed by atoms with Crippen LogP contribution < -0.4 is 5.32 Å². The highest BCUT2D eigenvalue weighted by atomic mass is 32.1. The summed E-state index contributed by atoms with van der Waals surface area (Å²) in [6.07, 6.45) is 2.47. The Labute approximate surface area is 151 Å². The molecular weight excluding hydrogens is 334 g/mol. The summed E-state index contributed by atoms with van der Waals surface area (Å²) >= 11 is 1.42. The van der Waals surface area contributed by atoms with Crippen LogP contribution in [0.25, 0.3) is 11.3 Å². The first kappa shape index (κ1) is 16.3. The van der Waals surface area contributed by atoms with Gasteiger partial charge in [-0.3, -0.25) is 9.59 Å². The molecule has 0 bridgehead atoms. The zero-order valence-corrected chi connectivity index (χ0v) is 15.2. The third-order valence-corrected chi connectivity index (χ3v) is 5.68. The Hall–Kier alpha value is -2.21. The second kappa shape index (κ2) is 6.26. The summed E-state index contributed by atoms with van der Waals surface area (Å²) in [4.78, 5) is 30.9. The fourth-order valence-corrected chi connectivity index (χ4v) is 4.03. The number of carbonyl (C=O) groups excluding carboxylic acids is 2. The van der Waals surface area contributed by atoms with Gasteiger partial charge < -0.3 is 10.2 Å². The summed E-state index contributed by atoms with van der Waals surface area (Å²) in [5, 5.41) is 5.46. The number of likely N-dealkylation sites (tertiary alicyclic amines) is 1. The van der Waals surface area contributed by atoms with Crippen molar-refractivity contribution < 1.29 is 9.59 Å². The standard InChI is InChI=1S/C19H21N3O2S/c1-11-3-4-12(2)15(7-11)16-10-25-19(20-16)21-18(24)13-8-17(23)22(9-13)14-5-6-14/h3-4,7,10,13-14H,5-6,8-9H2,1-2H3,(H,20,21,24). The van der Waals surface area contributed by atoms with E-state index in [1.807, 2.05) is 10.3 Å². The van der Waals surface area contributed by atoms with E-state index in [0.717, 1.165) is 29.7 Å². The molecule has 2 aromatic rings. The summed E-state index contributed by atoms with van der Waals surface area (Å²) < 4.78 is 0. The third-order valence-electron chi connectivity index (χ3n) is 4.92. The fourth-order valence-electron chi connectivity index (χ4n) is 3.32. The maximum Gasteiger partial charge on any atom is 0.231 e. The van der Waals surface area contributed by atoms with Gasteiger partial charge in [0.25, 0.3) is 0 Å². The molecule has 1 saturated heterocycles. The summed E-state index contributed by atoms with van der Waals surface area (Å²) in [6, 6.07) is 6.65. The Balaban J connectivity index is 1.45. The summed E-state index contributed by atoms with van der Waals surface area (Å²) in [5.74, 6) is -0.252. The van der Waals surface area contributed by atoms with Gasteiger partial charge in [0.05, 0.1) is 11.6 Å². The highest BCUT2D eigenvalue weighted by molar-refractivity contribution is 7.14. The molecule has 1 unspecified atom stereocenters. The Kier molecular flexibility index (Phi) is 4.07. The van der Waals surface area contributed by atoms with Crippen LogP contribution in [-0.2, 0) is 9.59 Å². The zero-order valence-electron chi connectivity index (χ0n) is 14.4. The summed E-state index contributed by atoms with van der Waals surface area (Å²) in [7, 11) is 0. The Morgan fingerprint density at radius 3 is 2.88 bits per heavy atom. The number of anilines is 1. The van der Waals surface area contributed by atoms with Gasteiger partial charge in [-0.25, -0.2) is 4.98 Å². The van der Waals surface area contributed by atoms with Crippen LogP contribution >= 0.6 is 11.3 Å². The smallest absolute Gasteiger partial charge is 0.231 e. The highest BCUT2D eigenvalue weighted by Crippen LogP contribution is 2.33. The van der Waals surface area contributed by atoms with Gasteiger partial charge in [0.1, 0.15) is 0 Å². The zero-order chi connectivity index (χ0) is 17.6. The fraction of sp³-hybridized carbons (Fsp3) is 0.421. The van der Waals surface area contributed by atoms with Crippen LogP contribution in [0.1, 0.15) is 30.4 Å². The molecular formula is C19H21N3O2S. The van der Waals surface area contributed by atoms with E-state index >= 15 is 0 Å². The number of benzene rings is 1. The minimum absolute atomic E-state index is 0.0987. The average Bonchev–Trinajstić information content (AvgIpc) is 3.19. The largest absolute Gasteiger partial charge is 0.339 e. The van der Waals surface area contributed by atoms with Crippen LogP contribution in [0, 0.1) is 19.8 Å². The minimum atomic E-state index is -0.263. The topological polar surface area (TPSA) is 62.3 Å². The Morgan fingerprint density at radius 1 is 1.32 bits per heavy atom. The molecule has 6 heteroatoms. The van der Waals surface area contributed by atoms with Crippen molar-refractivity contribution in [3.8, 4) is 11.3 Å². The van der Waals surface area contributed by atoms with Crippen molar-refractivity contribution in [2.45, 2.75) is 39.2 Å². The molecule has 1 saturated carbocycles. The first-order valence-corrected chi connectivity index (χ1v) is 9.52. The van der Waals surface area contributed by atoms with Gasteiger partial charge in [-0.2, -0.15) is 0 Å². The first-order chi connectivity index (χ1) is 12.0. The lowest BCUT2D eigenvalue weighted by molar-refractivity contribution is -0.128. The third kappa shape index (κ3) is 3.31. The molecule has 5 nitrogen and oxygen atoms in total. The maximum atomic E-state index is 12.5. The monoisotopic (exact) mass is 355 g/mol. The van der Waals surface area contributed by atoms with Crippen LogP contribution in [-0.4, -0.2) is 34.3 Å². The second-order valence-electron chi connectivity index (χ2n) is 7.02. The van der Waals surface area contributed by atoms with E-state index in [-0.39, 0.29) is 17.7 Å². The van der Waals surface area contributed by atoms with Crippen molar-refractivity contribution in [2.24, 2.45) is 5.92 Å². The predicted molar refractivity (Wildman–Crippen MR) is 98.5 cm³/mol. The second-order valence-corrected chi connectivity index (χ2v) is 7.88. The quantitative estimate of drug-likeness (QED) is 0.914. The molecule has 1 N–H and O–H groups in total. The Morgan fingerprint density at radius 2 is 2.12 bits per heavy atom. The van der Waals surface area contributed by atoms with Crippen LogP contribution in [0.5, 0.6) is 0 Å². The number of aromatic nitrogens is 1. The SMILES string of the molecule is Cc1ccc(C)c(-c2csc(NC(=O)C3CC(=O)N(C4CC4)C3)n2)c1. The van der Waals surface area contributed by atoms with E-state index in [9.17, 15) is 9.59 Å². The molecule has 25 heavy (non-hydrogen) atoms. The van der Waals surface area contributed by atoms with E-state index < -0.39 is 0 Å². The number of aryl methyl sites for hydroxylation is 2. The lowest BCUT2D eigenvalue weighted by Crippen LogP contribution is -2.29. The van der Waals surface area contributed by atoms with Gasteiger partial charge in [0.15, 0.2) is 5.13 Å². The molecule has 1 atom stereocenters. The lowest BCUT2D eigenvalue weighted by atomic mass is 10.0. The molecule has 0 spiro atoms. The average molecular weight is 355 g/mol. The number of hydrogen-bond acceptors (Lipinski definition) is 4. The highest BCUT2D eigenvalue weighted by Gasteiger charge is 2.41. The molecule has 4 rings (SSSR count). The van der Waals surface area contributed by atoms with E-state index in [1.54, 1.807) is 0 Å². The molecule has 2 heterocycles. The number of nitrogens with zero attached hydrogens (tertiary/aromatic N) is 2. The molecule has 130 valence electrons. The maximum absolute atomic E-state index is 12.5.